The summed E-state index contributed by atoms with van der Waals surface area (Å²) in [5.74, 6) is -1.13. The van der Waals surface area contributed by atoms with Crippen molar-refractivity contribution in [3.8, 4) is 0 Å². The van der Waals surface area contributed by atoms with E-state index in [0.717, 1.165) is 12.8 Å². The number of ether oxygens (including phenoxy) is 3. The molecule has 0 heterocycles. The van der Waals surface area contributed by atoms with Gasteiger partial charge in [0.05, 0.1) is 24.7 Å². The van der Waals surface area contributed by atoms with Crippen LogP contribution in [0.25, 0.3) is 0 Å². The molecule has 2 saturated carbocycles. The molecule has 2 aliphatic rings. The van der Waals surface area contributed by atoms with Crippen molar-refractivity contribution >= 4 is 23.4 Å². The van der Waals surface area contributed by atoms with Crippen LogP contribution >= 0.6 is 0 Å². The van der Waals surface area contributed by atoms with Crippen LogP contribution in [0.4, 0.5) is 0 Å². The molecular formula is C29H45NO8. The van der Waals surface area contributed by atoms with E-state index in [9.17, 15) is 24.3 Å². The summed E-state index contributed by atoms with van der Waals surface area (Å²) in [6.07, 6.45) is 9.21. The number of rotatable bonds is 14. The maximum Gasteiger partial charge on any atom is 0.306 e. The highest BCUT2D eigenvalue weighted by molar-refractivity contribution is 6.08. The first kappa shape index (κ1) is 31.9. The zero-order valence-corrected chi connectivity index (χ0v) is 23.2. The van der Waals surface area contributed by atoms with Gasteiger partial charge in [-0.1, -0.05) is 26.0 Å². The number of nitrogens with two attached hydrogens (primary N) is 1. The third kappa shape index (κ3) is 10.8. The molecule has 1 amide bonds. The molecule has 0 spiro atoms. The zero-order chi connectivity index (χ0) is 28.2. The quantitative estimate of drug-likeness (QED) is 0.196. The first-order chi connectivity index (χ1) is 18.0. The predicted molar refractivity (Wildman–Crippen MR) is 142 cm³/mol. The molecule has 7 atom stereocenters. The number of hydrogen-bond donors (Lipinski definition) is 2. The van der Waals surface area contributed by atoms with Gasteiger partial charge in [-0.2, -0.15) is 0 Å². The molecule has 38 heavy (non-hydrogen) atoms. The van der Waals surface area contributed by atoms with Crippen LogP contribution in [0.5, 0.6) is 0 Å². The number of aliphatic hydroxyl groups excluding tert-OH is 1. The lowest BCUT2D eigenvalue weighted by atomic mass is 9.84. The lowest BCUT2D eigenvalue weighted by molar-refractivity contribution is -0.161. The fourth-order valence-corrected chi connectivity index (χ4v) is 5.27. The maximum atomic E-state index is 12.5. The summed E-state index contributed by atoms with van der Waals surface area (Å²) in [7, 11) is 3.14. The highest BCUT2D eigenvalue weighted by Crippen LogP contribution is 2.31. The lowest BCUT2D eigenvalue weighted by Gasteiger charge is -2.34. The van der Waals surface area contributed by atoms with Crippen LogP contribution < -0.4 is 5.73 Å². The molecule has 0 aliphatic heterocycles. The number of allylic oxidation sites excluding steroid dienone is 4. The molecule has 7 unspecified atom stereocenters. The molecular weight excluding hydrogens is 490 g/mol. The number of esters is 1. The molecule has 2 fully saturated rings. The summed E-state index contributed by atoms with van der Waals surface area (Å²) in [4.78, 5) is 48.5. The van der Waals surface area contributed by atoms with E-state index >= 15 is 0 Å². The molecule has 0 aromatic rings. The summed E-state index contributed by atoms with van der Waals surface area (Å²) >= 11 is 0. The average Bonchev–Trinajstić information content (AvgIpc) is 2.86. The molecule has 0 aromatic carbocycles. The van der Waals surface area contributed by atoms with Crippen molar-refractivity contribution in [2.45, 2.75) is 96.1 Å². The first-order valence-electron chi connectivity index (χ1n) is 13.7. The van der Waals surface area contributed by atoms with Crippen molar-refractivity contribution < 1.29 is 38.5 Å². The maximum absolute atomic E-state index is 12.5. The molecule has 2 aliphatic carbocycles. The van der Waals surface area contributed by atoms with Crippen LogP contribution in [0, 0.1) is 23.7 Å². The molecule has 0 bridgehead atoms. The van der Waals surface area contributed by atoms with Crippen LogP contribution in [0.3, 0.4) is 0 Å². The molecule has 0 aromatic heterocycles. The topological polar surface area (TPSA) is 142 Å². The summed E-state index contributed by atoms with van der Waals surface area (Å²) in [6.45, 7) is 3.89. The summed E-state index contributed by atoms with van der Waals surface area (Å²) in [5, 5.41) is 9.90. The number of methoxy groups -OCH3 is 2. The van der Waals surface area contributed by atoms with E-state index < -0.39 is 12.0 Å². The summed E-state index contributed by atoms with van der Waals surface area (Å²) < 4.78 is 16.6. The van der Waals surface area contributed by atoms with Crippen LogP contribution in [-0.4, -0.2) is 67.2 Å². The molecule has 0 radical (unpaired) electrons. The second kappa shape index (κ2) is 15.9. The minimum Gasteiger partial charge on any atom is -0.460 e. The van der Waals surface area contributed by atoms with Crippen LogP contribution in [0.15, 0.2) is 24.3 Å². The molecule has 214 valence electrons. The van der Waals surface area contributed by atoms with Gasteiger partial charge < -0.3 is 25.1 Å². The largest absolute Gasteiger partial charge is 0.460 e. The molecule has 9 nitrogen and oxygen atoms in total. The summed E-state index contributed by atoms with van der Waals surface area (Å²) in [5.41, 5.74) is 5.31. The number of aliphatic hydroxyl groups is 1. The SMILES string of the molecule is COC1CC(/C=C/C(=O)CC(=O)/C=C/C2CCC(OC(=O)CC(CC(N)=O)C(C)C)C(OC)C2)CCC1O. The second-order valence-electron chi connectivity index (χ2n) is 11.0. The van der Waals surface area contributed by atoms with E-state index in [1.54, 1.807) is 14.2 Å². The average molecular weight is 536 g/mol. The van der Waals surface area contributed by atoms with Crippen molar-refractivity contribution in [1.82, 2.24) is 0 Å². The third-order valence-corrected chi connectivity index (χ3v) is 7.75. The fraction of sp³-hybridized carbons (Fsp3) is 0.724. The second-order valence-corrected chi connectivity index (χ2v) is 11.0. The molecule has 3 N–H and O–H groups in total. The number of primary amides is 1. The smallest absolute Gasteiger partial charge is 0.306 e. The van der Waals surface area contributed by atoms with Crippen molar-refractivity contribution in [3.63, 3.8) is 0 Å². The van der Waals surface area contributed by atoms with Gasteiger partial charge >= 0.3 is 5.97 Å². The molecule has 2 rings (SSSR count). The van der Waals surface area contributed by atoms with Gasteiger partial charge in [-0.3, -0.25) is 19.2 Å². The van der Waals surface area contributed by atoms with Gasteiger partial charge in [0.2, 0.25) is 5.91 Å². The Morgan fingerprint density at radius 3 is 1.92 bits per heavy atom. The van der Waals surface area contributed by atoms with Gasteiger partial charge in [0.15, 0.2) is 11.6 Å². The standard InChI is InChI=1S/C29H45NO8/c1-18(2)21(15-28(30)34)16-29(35)38-25-12-8-20(14-27(25)37-4)6-10-23(32)17-22(31)9-5-19-7-11-24(33)26(13-19)36-3/h5-6,9-10,18-21,24-27,33H,7-8,11-17H2,1-4H3,(H2,30,34)/b9-5+,10-6+. The Hall–Kier alpha value is -2.36. The van der Waals surface area contributed by atoms with E-state index in [0.29, 0.717) is 25.7 Å². The third-order valence-electron chi connectivity index (χ3n) is 7.75. The monoisotopic (exact) mass is 535 g/mol. The summed E-state index contributed by atoms with van der Waals surface area (Å²) in [6, 6.07) is 0. The van der Waals surface area contributed by atoms with Crippen molar-refractivity contribution in [1.29, 1.82) is 0 Å². The van der Waals surface area contributed by atoms with Gasteiger partial charge in [-0.25, -0.2) is 0 Å². The minimum atomic E-state index is -0.475. The molecule has 0 saturated heterocycles. The van der Waals surface area contributed by atoms with Gasteiger partial charge in [-0.15, -0.1) is 0 Å². The van der Waals surface area contributed by atoms with E-state index in [1.807, 2.05) is 26.0 Å². The van der Waals surface area contributed by atoms with Crippen molar-refractivity contribution in [2.75, 3.05) is 14.2 Å². The van der Waals surface area contributed by atoms with Crippen molar-refractivity contribution in [3.05, 3.63) is 24.3 Å². The number of carbonyl (C=O) groups excluding carboxylic acids is 4. The Kier molecular flexibility index (Phi) is 13.3. The van der Waals surface area contributed by atoms with Gasteiger partial charge in [-0.05, 0) is 74.3 Å². The van der Waals surface area contributed by atoms with E-state index in [2.05, 4.69) is 0 Å². The zero-order valence-electron chi connectivity index (χ0n) is 23.2. The highest BCUT2D eigenvalue weighted by Gasteiger charge is 2.33. The molecule has 9 heteroatoms. The van der Waals surface area contributed by atoms with E-state index in [-0.39, 0.29) is 78.8 Å². The number of carbonyl (C=O) groups is 4. The predicted octanol–water partition coefficient (Wildman–Crippen LogP) is 3.07. The number of amides is 1. The van der Waals surface area contributed by atoms with Crippen LogP contribution in [-0.2, 0) is 33.4 Å². The lowest BCUT2D eigenvalue weighted by Crippen LogP contribution is -2.39. The van der Waals surface area contributed by atoms with Crippen molar-refractivity contribution in [2.24, 2.45) is 29.4 Å². The normalized spacial score (nSPS) is 29.0. The Labute approximate surface area is 226 Å². The Balaban J connectivity index is 1.79. The van der Waals surface area contributed by atoms with E-state index in [4.69, 9.17) is 19.9 Å². The van der Waals surface area contributed by atoms with E-state index in [1.165, 1.54) is 12.2 Å². The van der Waals surface area contributed by atoms with Gasteiger partial charge in [0, 0.05) is 27.1 Å². The highest BCUT2D eigenvalue weighted by atomic mass is 16.6. The van der Waals surface area contributed by atoms with Gasteiger partial charge in [0.25, 0.3) is 0 Å². The Morgan fingerprint density at radius 1 is 0.842 bits per heavy atom. The van der Waals surface area contributed by atoms with Gasteiger partial charge in [0.1, 0.15) is 6.10 Å². The Morgan fingerprint density at radius 2 is 1.39 bits per heavy atom. The number of hydrogen-bond acceptors (Lipinski definition) is 8. The number of ketones is 2. The Bertz CT molecular complexity index is 867. The minimum absolute atomic E-state index is 0.0717. The van der Waals surface area contributed by atoms with Crippen LogP contribution in [0.2, 0.25) is 0 Å². The fourth-order valence-electron chi connectivity index (χ4n) is 5.27. The van der Waals surface area contributed by atoms with Crippen LogP contribution in [0.1, 0.15) is 71.6 Å². The first-order valence-corrected chi connectivity index (χ1v) is 13.7.